The molecule has 0 saturated carbocycles. The van der Waals surface area contributed by atoms with Crippen LogP contribution in [0.25, 0.3) is 10.9 Å². The van der Waals surface area contributed by atoms with E-state index in [4.69, 9.17) is 21.1 Å². The van der Waals surface area contributed by atoms with Crippen LogP contribution in [0.15, 0.2) is 61.1 Å². The van der Waals surface area contributed by atoms with E-state index in [1.807, 2.05) is 37.3 Å². The first-order chi connectivity index (χ1) is 16.9. The summed E-state index contributed by atoms with van der Waals surface area (Å²) in [6.45, 7) is 4.05. The summed E-state index contributed by atoms with van der Waals surface area (Å²) in [5.74, 6) is 1.06. The minimum Gasteiger partial charge on any atom is -0.486 e. The number of nitrogens with zero attached hydrogens (tertiary/aromatic N) is 5. The summed E-state index contributed by atoms with van der Waals surface area (Å²) in [4.78, 5) is 30.4. The maximum absolute atomic E-state index is 11.5. The van der Waals surface area contributed by atoms with Gasteiger partial charge in [-0.05, 0) is 37.3 Å². The summed E-state index contributed by atoms with van der Waals surface area (Å²) in [7, 11) is 1.72. The Labute approximate surface area is 208 Å². The number of anilines is 2. The molecule has 0 radical (unpaired) electrons. The fourth-order valence-corrected chi connectivity index (χ4v) is 3.56. The molecule has 0 aliphatic carbocycles. The molecule has 0 fully saturated rings. The lowest BCUT2D eigenvalue weighted by atomic mass is 10.2. The Morgan fingerprint density at radius 2 is 2.00 bits per heavy atom. The van der Waals surface area contributed by atoms with Crippen LogP contribution in [0.4, 0.5) is 11.5 Å². The number of halogens is 1. The molecule has 0 saturated heterocycles. The third-order valence-corrected chi connectivity index (χ3v) is 5.44. The minimum absolute atomic E-state index is 0.0387. The number of aromatic nitrogens is 4. The smallest absolute Gasteiger partial charge is 0.319 e. The minimum atomic E-state index is -0.293. The van der Waals surface area contributed by atoms with Gasteiger partial charge in [-0.25, -0.2) is 0 Å². The molecule has 180 valence electrons. The fraction of sp³-hybridized carbons (Fsp3) is 0.240. The van der Waals surface area contributed by atoms with Gasteiger partial charge in [-0.2, -0.15) is 9.97 Å². The van der Waals surface area contributed by atoms with Gasteiger partial charge in [0.1, 0.15) is 24.3 Å². The number of amides is 1. The Balaban J connectivity index is 1.53. The van der Waals surface area contributed by atoms with Crippen LogP contribution in [0.2, 0.25) is 5.02 Å². The van der Waals surface area contributed by atoms with Crippen molar-refractivity contribution in [2.24, 2.45) is 0 Å². The highest BCUT2D eigenvalue weighted by atomic mass is 35.5. The van der Waals surface area contributed by atoms with Crippen LogP contribution < -0.4 is 14.8 Å². The number of carbonyl (C=O) groups excluding carboxylic acids is 1. The highest BCUT2D eigenvalue weighted by molar-refractivity contribution is 6.32. The zero-order chi connectivity index (χ0) is 24.8. The van der Waals surface area contributed by atoms with Crippen molar-refractivity contribution in [2.45, 2.75) is 26.6 Å². The molecule has 0 unspecified atom stereocenters. The summed E-state index contributed by atoms with van der Waals surface area (Å²) >= 11 is 6.46. The molecule has 1 atom stereocenters. The van der Waals surface area contributed by atoms with Crippen molar-refractivity contribution >= 4 is 39.9 Å². The van der Waals surface area contributed by atoms with E-state index in [1.165, 1.54) is 6.92 Å². The topological polar surface area (TPSA) is 102 Å². The van der Waals surface area contributed by atoms with E-state index >= 15 is 0 Å². The van der Waals surface area contributed by atoms with Crippen LogP contribution in [0.3, 0.4) is 0 Å². The molecule has 0 aliphatic heterocycles. The van der Waals surface area contributed by atoms with Gasteiger partial charge in [0.2, 0.25) is 5.91 Å². The van der Waals surface area contributed by atoms with Crippen molar-refractivity contribution in [2.75, 3.05) is 18.9 Å². The average molecular weight is 493 g/mol. The number of likely N-dealkylation sites (N-methyl/N-ethyl adjacent to an activating group) is 1. The van der Waals surface area contributed by atoms with E-state index in [0.29, 0.717) is 28.8 Å². The first-order valence-corrected chi connectivity index (χ1v) is 11.4. The van der Waals surface area contributed by atoms with Crippen LogP contribution in [0.5, 0.6) is 11.8 Å². The second kappa shape index (κ2) is 11.0. The molecule has 35 heavy (non-hydrogen) atoms. The number of hydrogen-bond donors (Lipinski definition) is 1. The number of benzene rings is 2. The van der Waals surface area contributed by atoms with E-state index < -0.39 is 0 Å². The van der Waals surface area contributed by atoms with E-state index in [2.05, 4.69) is 25.3 Å². The second-order valence-electron chi connectivity index (χ2n) is 7.96. The van der Waals surface area contributed by atoms with Crippen molar-refractivity contribution < 1.29 is 14.3 Å². The Kier molecular flexibility index (Phi) is 7.57. The zero-order valence-electron chi connectivity index (χ0n) is 19.6. The number of ether oxygens (including phenoxy) is 2. The molecular weight excluding hydrogens is 468 g/mol. The summed E-state index contributed by atoms with van der Waals surface area (Å²) in [5, 5.41) is 4.57. The number of para-hydroxylation sites is 1. The highest BCUT2D eigenvalue weighted by Crippen LogP contribution is 2.31. The van der Waals surface area contributed by atoms with E-state index in [1.54, 1.807) is 42.7 Å². The molecule has 2 aromatic carbocycles. The maximum Gasteiger partial charge on any atom is 0.319 e. The lowest BCUT2D eigenvalue weighted by Crippen LogP contribution is -2.34. The predicted molar refractivity (Wildman–Crippen MR) is 134 cm³/mol. The van der Waals surface area contributed by atoms with Gasteiger partial charge >= 0.3 is 6.01 Å². The molecule has 10 heteroatoms. The van der Waals surface area contributed by atoms with Crippen LogP contribution >= 0.6 is 11.6 Å². The van der Waals surface area contributed by atoms with E-state index in [9.17, 15) is 4.79 Å². The second-order valence-corrected chi connectivity index (χ2v) is 8.36. The quantitative estimate of drug-likeness (QED) is 0.360. The first-order valence-electron chi connectivity index (χ1n) is 11.0. The van der Waals surface area contributed by atoms with Crippen molar-refractivity contribution in [3.05, 3.63) is 71.8 Å². The third-order valence-electron chi connectivity index (χ3n) is 5.14. The fourth-order valence-electron chi connectivity index (χ4n) is 3.32. The van der Waals surface area contributed by atoms with Gasteiger partial charge in [-0.15, -0.1) is 0 Å². The maximum atomic E-state index is 11.5. The number of nitrogens with one attached hydrogen (secondary N) is 1. The Morgan fingerprint density at radius 3 is 2.74 bits per heavy atom. The molecule has 2 heterocycles. The van der Waals surface area contributed by atoms with Crippen LogP contribution in [0, 0.1) is 0 Å². The van der Waals surface area contributed by atoms with Gasteiger partial charge in [-0.3, -0.25) is 14.8 Å². The third kappa shape index (κ3) is 6.33. The molecule has 0 aliphatic rings. The van der Waals surface area contributed by atoms with Crippen molar-refractivity contribution in [1.29, 1.82) is 0 Å². The summed E-state index contributed by atoms with van der Waals surface area (Å²) in [6, 6.07) is 13.2. The molecular formula is C25H25ClN6O3. The van der Waals surface area contributed by atoms with Gasteiger partial charge in [-0.1, -0.05) is 23.7 Å². The Morgan fingerprint density at radius 1 is 1.17 bits per heavy atom. The normalized spacial score (nSPS) is 11.7. The number of fused-ring (bicyclic) bond motifs is 1. The van der Waals surface area contributed by atoms with Crippen LogP contribution in [-0.2, 0) is 11.4 Å². The lowest BCUT2D eigenvalue weighted by Gasteiger charge is -2.21. The molecule has 1 amide bonds. The molecule has 0 spiro atoms. The number of hydrogen-bond acceptors (Lipinski definition) is 8. The van der Waals surface area contributed by atoms with Crippen molar-refractivity contribution in [1.82, 2.24) is 24.8 Å². The van der Waals surface area contributed by atoms with Gasteiger partial charge in [0.05, 0.1) is 29.0 Å². The van der Waals surface area contributed by atoms with Crippen LogP contribution in [0.1, 0.15) is 19.5 Å². The predicted octanol–water partition coefficient (Wildman–Crippen LogP) is 4.64. The zero-order valence-corrected chi connectivity index (χ0v) is 20.4. The summed E-state index contributed by atoms with van der Waals surface area (Å²) in [5.41, 5.74) is 2.15. The molecule has 9 nitrogen and oxygen atoms in total. The molecule has 0 bridgehead atoms. The number of rotatable bonds is 9. The standard InChI is InChI=1S/C25H25ClN6O3/c1-16(14-32(3)17(2)33)35-25-30-22-7-5-4-6-20(22)24(31-25)29-18-8-9-23(21(26)12-18)34-15-19-13-27-10-11-28-19/h4-13,16H,14-15H2,1-3H3,(H,29,30,31)/t16-/m1/s1. The molecule has 1 N–H and O–H groups in total. The number of carbonyl (C=O) groups is 1. The highest BCUT2D eigenvalue weighted by Gasteiger charge is 2.15. The van der Waals surface area contributed by atoms with E-state index in [0.717, 1.165) is 16.6 Å². The van der Waals surface area contributed by atoms with Crippen molar-refractivity contribution in [3.8, 4) is 11.8 Å². The SMILES string of the molecule is CC(=O)N(C)C[C@@H](C)Oc1nc(Nc2ccc(OCc3cnccn3)c(Cl)c2)c2ccccc2n1. The molecule has 4 aromatic rings. The van der Waals surface area contributed by atoms with Gasteiger partial charge in [0.15, 0.2) is 0 Å². The average Bonchev–Trinajstić information content (AvgIpc) is 2.84. The van der Waals surface area contributed by atoms with E-state index in [-0.39, 0.29) is 24.6 Å². The van der Waals surface area contributed by atoms with Gasteiger partial charge in [0.25, 0.3) is 0 Å². The summed E-state index contributed by atoms with van der Waals surface area (Å²) < 4.78 is 11.7. The van der Waals surface area contributed by atoms with Gasteiger partial charge in [0, 0.05) is 37.4 Å². The molecule has 4 rings (SSSR count). The first kappa shape index (κ1) is 24.2. The monoisotopic (exact) mass is 492 g/mol. The van der Waals surface area contributed by atoms with Crippen molar-refractivity contribution in [3.63, 3.8) is 0 Å². The molecule has 2 aromatic heterocycles. The largest absolute Gasteiger partial charge is 0.486 e. The summed E-state index contributed by atoms with van der Waals surface area (Å²) in [6.07, 6.45) is 4.57. The van der Waals surface area contributed by atoms with Gasteiger partial charge < -0.3 is 19.7 Å². The van der Waals surface area contributed by atoms with Crippen LogP contribution in [-0.4, -0.2) is 50.4 Å². The Bertz CT molecular complexity index is 1320. The Hall–Kier alpha value is -3.98. The lowest BCUT2D eigenvalue weighted by molar-refractivity contribution is -0.128.